The van der Waals surface area contributed by atoms with E-state index < -0.39 is 0 Å². The lowest BCUT2D eigenvalue weighted by Gasteiger charge is -2.11. The van der Waals surface area contributed by atoms with Gasteiger partial charge in [0.15, 0.2) is 5.82 Å². The first-order valence-corrected chi connectivity index (χ1v) is 4.38. The second-order valence-corrected chi connectivity index (χ2v) is 3.41. The predicted octanol–water partition coefficient (Wildman–Crippen LogP) is 1.82. The molecule has 64 valence electrons. The molecule has 0 radical (unpaired) electrons. The summed E-state index contributed by atoms with van der Waals surface area (Å²) in [4.78, 5) is 0. The quantitative estimate of drug-likeness (QED) is 0.632. The molecule has 1 aromatic heterocycles. The fraction of sp³-hybridized carbons (Fsp3) is 0.556. The Balaban J connectivity index is 2.46. The predicted molar refractivity (Wildman–Crippen MR) is 47.8 cm³/mol. The van der Waals surface area contributed by atoms with Crippen LogP contribution in [0.25, 0.3) is 6.08 Å². The molecule has 0 bridgehead atoms. The van der Waals surface area contributed by atoms with Crippen LogP contribution in [-0.2, 0) is 6.54 Å². The van der Waals surface area contributed by atoms with Crippen molar-refractivity contribution in [2.75, 3.05) is 0 Å². The van der Waals surface area contributed by atoms with Crippen LogP contribution in [0.3, 0.4) is 0 Å². The molecule has 0 aromatic carbocycles. The van der Waals surface area contributed by atoms with Gasteiger partial charge in [-0.3, -0.25) is 0 Å². The Labute approximate surface area is 72.1 Å². The van der Waals surface area contributed by atoms with Gasteiger partial charge >= 0.3 is 0 Å². The fourth-order valence-electron chi connectivity index (χ4n) is 1.50. The summed E-state index contributed by atoms with van der Waals surface area (Å²) in [6.45, 7) is 5.33. The summed E-state index contributed by atoms with van der Waals surface area (Å²) < 4.78 is 2.20. The molecule has 0 aliphatic carbocycles. The molecule has 1 aliphatic heterocycles. The average molecular weight is 163 g/mol. The maximum absolute atomic E-state index is 4.16. The van der Waals surface area contributed by atoms with Gasteiger partial charge in [-0.2, -0.15) is 0 Å². The van der Waals surface area contributed by atoms with E-state index in [1.54, 1.807) is 0 Å². The second kappa shape index (κ2) is 2.73. The third-order valence-electron chi connectivity index (χ3n) is 2.11. The summed E-state index contributed by atoms with van der Waals surface area (Å²) >= 11 is 0. The molecular formula is C9H13N3. The number of hydrogen-bond donors (Lipinski definition) is 0. The van der Waals surface area contributed by atoms with E-state index in [-0.39, 0.29) is 0 Å². The van der Waals surface area contributed by atoms with E-state index in [2.05, 4.69) is 34.7 Å². The summed E-state index contributed by atoms with van der Waals surface area (Å²) in [7, 11) is 0. The third kappa shape index (κ3) is 1.05. The second-order valence-electron chi connectivity index (χ2n) is 3.41. The Morgan fingerprint density at radius 2 is 2.25 bits per heavy atom. The highest BCUT2D eigenvalue weighted by Gasteiger charge is 2.13. The highest BCUT2D eigenvalue weighted by molar-refractivity contribution is 5.42. The molecule has 1 aromatic rings. The molecule has 0 fully saturated rings. The SMILES string of the molecule is CC(C)c1nnc2n1CCC=C2. The Hall–Kier alpha value is -1.12. The van der Waals surface area contributed by atoms with Crippen LogP contribution in [0.4, 0.5) is 0 Å². The van der Waals surface area contributed by atoms with Gasteiger partial charge in [0.1, 0.15) is 5.82 Å². The largest absolute Gasteiger partial charge is 0.311 e. The molecule has 0 spiro atoms. The highest BCUT2D eigenvalue weighted by atomic mass is 15.3. The topological polar surface area (TPSA) is 30.7 Å². The van der Waals surface area contributed by atoms with Crippen LogP contribution in [0.5, 0.6) is 0 Å². The lowest BCUT2D eigenvalue weighted by Crippen LogP contribution is -2.09. The summed E-state index contributed by atoms with van der Waals surface area (Å²) in [5, 5.41) is 8.26. The van der Waals surface area contributed by atoms with Crippen molar-refractivity contribution in [1.82, 2.24) is 14.8 Å². The smallest absolute Gasteiger partial charge is 0.156 e. The minimum absolute atomic E-state index is 0.470. The molecule has 0 saturated heterocycles. The molecular weight excluding hydrogens is 150 g/mol. The molecule has 0 saturated carbocycles. The number of nitrogens with zero attached hydrogens (tertiary/aromatic N) is 3. The van der Waals surface area contributed by atoms with Crippen molar-refractivity contribution < 1.29 is 0 Å². The zero-order valence-electron chi connectivity index (χ0n) is 7.49. The number of fused-ring (bicyclic) bond motifs is 1. The van der Waals surface area contributed by atoms with E-state index in [1.165, 1.54) is 0 Å². The van der Waals surface area contributed by atoms with Gasteiger partial charge in [0.05, 0.1) is 0 Å². The Morgan fingerprint density at radius 3 is 3.00 bits per heavy atom. The molecule has 1 aliphatic rings. The lowest BCUT2D eigenvalue weighted by molar-refractivity contribution is 0.616. The van der Waals surface area contributed by atoms with Gasteiger partial charge in [-0.05, 0) is 12.5 Å². The monoisotopic (exact) mass is 163 g/mol. The van der Waals surface area contributed by atoms with Crippen molar-refractivity contribution in [2.24, 2.45) is 0 Å². The van der Waals surface area contributed by atoms with Crippen LogP contribution in [0.1, 0.15) is 37.8 Å². The summed E-state index contributed by atoms with van der Waals surface area (Å²) in [6, 6.07) is 0. The van der Waals surface area contributed by atoms with Crippen molar-refractivity contribution in [3.63, 3.8) is 0 Å². The third-order valence-corrected chi connectivity index (χ3v) is 2.11. The zero-order chi connectivity index (χ0) is 8.55. The number of hydrogen-bond acceptors (Lipinski definition) is 2. The van der Waals surface area contributed by atoms with Crippen molar-refractivity contribution in [2.45, 2.75) is 32.7 Å². The molecule has 0 atom stereocenters. The van der Waals surface area contributed by atoms with E-state index in [4.69, 9.17) is 0 Å². The number of aromatic nitrogens is 3. The van der Waals surface area contributed by atoms with Crippen molar-refractivity contribution in [1.29, 1.82) is 0 Å². The van der Waals surface area contributed by atoms with E-state index >= 15 is 0 Å². The van der Waals surface area contributed by atoms with Crippen LogP contribution in [-0.4, -0.2) is 14.8 Å². The van der Waals surface area contributed by atoms with Crippen molar-refractivity contribution >= 4 is 6.08 Å². The average Bonchev–Trinajstić information content (AvgIpc) is 2.47. The first kappa shape index (κ1) is 7.53. The summed E-state index contributed by atoms with van der Waals surface area (Å²) in [5.74, 6) is 2.58. The van der Waals surface area contributed by atoms with Crippen LogP contribution in [0, 0.1) is 0 Å². The maximum Gasteiger partial charge on any atom is 0.156 e. The molecule has 0 N–H and O–H groups in total. The van der Waals surface area contributed by atoms with Crippen LogP contribution < -0.4 is 0 Å². The first-order chi connectivity index (χ1) is 5.79. The first-order valence-electron chi connectivity index (χ1n) is 4.38. The van der Waals surface area contributed by atoms with E-state index in [1.807, 2.05) is 6.08 Å². The maximum atomic E-state index is 4.16. The van der Waals surface area contributed by atoms with Gasteiger partial charge in [-0.25, -0.2) is 0 Å². The molecule has 3 heteroatoms. The van der Waals surface area contributed by atoms with Gasteiger partial charge in [0, 0.05) is 12.5 Å². The highest BCUT2D eigenvalue weighted by Crippen LogP contribution is 2.17. The van der Waals surface area contributed by atoms with Crippen molar-refractivity contribution in [3.8, 4) is 0 Å². The standard InChI is InChI=1S/C9H13N3/c1-7(2)9-11-10-8-5-3-4-6-12(8)9/h3,5,7H,4,6H2,1-2H3. The zero-order valence-corrected chi connectivity index (χ0v) is 7.49. The minimum atomic E-state index is 0.470. The normalized spacial score (nSPS) is 15.2. The fourth-order valence-corrected chi connectivity index (χ4v) is 1.50. The van der Waals surface area contributed by atoms with Crippen molar-refractivity contribution in [3.05, 3.63) is 17.7 Å². The molecule has 12 heavy (non-hydrogen) atoms. The minimum Gasteiger partial charge on any atom is -0.311 e. The van der Waals surface area contributed by atoms with E-state index in [0.717, 1.165) is 24.6 Å². The van der Waals surface area contributed by atoms with Crippen LogP contribution >= 0.6 is 0 Å². The van der Waals surface area contributed by atoms with E-state index in [0.29, 0.717) is 5.92 Å². The van der Waals surface area contributed by atoms with Gasteiger partial charge in [-0.1, -0.05) is 19.9 Å². The summed E-state index contributed by atoms with van der Waals surface area (Å²) in [6.07, 6.45) is 5.29. The molecule has 0 amide bonds. The van der Waals surface area contributed by atoms with Gasteiger partial charge < -0.3 is 4.57 Å². The number of allylic oxidation sites excluding steroid dienone is 1. The Kier molecular flexibility index (Phi) is 1.71. The Bertz CT molecular complexity index is 310. The molecule has 2 heterocycles. The Morgan fingerprint density at radius 1 is 1.42 bits per heavy atom. The van der Waals surface area contributed by atoms with Crippen LogP contribution in [0.15, 0.2) is 6.08 Å². The van der Waals surface area contributed by atoms with E-state index in [9.17, 15) is 0 Å². The number of rotatable bonds is 1. The lowest BCUT2D eigenvalue weighted by atomic mass is 10.2. The van der Waals surface area contributed by atoms with Gasteiger partial charge in [0.2, 0.25) is 0 Å². The molecule has 3 nitrogen and oxygen atoms in total. The van der Waals surface area contributed by atoms with Gasteiger partial charge in [0.25, 0.3) is 0 Å². The van der Waals surface area contributed by atoms with Gasteiger partial charge in [-0.15, -0.1) is 10.2 Å². The van der Waals surface area contributed by atoms with Crippen LogP contribution in [0.2, 0.25) is 0 Å². The molecule has 0 unspecified atom stereocenters. The molecule has 2 rings (SSSR count). The summed E-state index contributed by atoms with van der Waals surface area (Å²) in [5.41, 5.74) is 0.